The third-order valence-electron chi connectivity index (χ3n) is 4.59. The van der Waals surface area contributed by atoms with Crippen molar-refractivity contribution in [1.82, 2.24) is 0 Å². The quantitative estimate of drug-likeness (QED) is 0.380. The number of aliphatic hydroxyl groups is 1. The van der Waals surface area contributed by atoms with Crippen LogP contribution in [-0.2, 0) is 11.4 Å². The van der Waals surface area contributed by atoms with Crippen molar-refractivity contribution in [3.63, 3.8) is 0 Å². The predicted octanol–water partition coefficient (Wildman–Crippen LogP) is 6.56. The highest BCUT2D eigenvalue weighted by atomic mass is 35.5. The Hall–Kier alpha value is -2.50. The molecule has 1 aliphatic rings. The van der Waals surface area contributed by atoms with E-state index in [1.54, 1.807) is 37.3 Å². The number of rotatable bonds is 7. The lowest BCUT2D eigenvalue weighted by atomic mass is 9.96. The van der Waals surface area contributed by atoms with E-state index in [4.69, 9.17) is 11.6 Å². The average Bonchev–Trinajstić information content (AvgIpc) is 2.93. The lowest BCUT2D eigenvalue weighted by Crippen LogP contribution is -2.25. The Morgan fingerprint density at radius 3 is 2.58 bits per heavy atom. The van der Waals surface area contributed by atoms with Crippen LogP contribution in [0.4, 0.5) is 10.1 Å². The Morgan fingerprint density at radius 1 is 1.35 bits per heavy atom. The summed E-state index contributed by atoms with van der Waals surface area (Å²) in [6.45, 7) is 11.5. The fourth-order valence-corrected chi connectivity index (χ4v) is 3.61. The van der Waals surface area contributed by atoms with E-state index in [1.807, 2.05) is 40.7 Å². The number of aliphatic hydroxyl groups excluding tert-OH is 1. The molecule has 0 aliphatic carbocycles. The fraction of sp³-hybridized carbons (Fsp3) is 0.360. The van der Waals surface area contributed by atoms with Crippen LogP contribution in [-0.4, -0.2) is 24.3 Å². The monoisotopic (exact) mass is 446 g/mol. The molecule has 4 nitrogen and oxygen atoms in total. The molecule has 0 atom stereocenters. The number of carbonyl (C=O) groups is 1. The topological polar surface area (TPSA) is 52.9 Å². The van der Waals surface area contributed by atoms with Gasteiger partial charge in [0.15, 0.2) is 0 Å². The van der Waals surface area contributed by atoms with Crippen molar-refractivity contribution in [2.24, 2.45) is 10.9 Å². The third kappa shape index (κ3) is 6.74. The van der Waals surface area contributed by atoms with Crippen LogP contribution in [0.15, 0.2) is 63.5 Å². The highest BCUT2D eigenvalue weighted by Gasteiger charge is 2.20. The van der Waals surface area contributed by atoms with Gasteiger partial charge in [-0.3, -0.25) is 14.7 Å². The summed E-state index contributed by atoms with van der Waals surface area (Å²) in [6.07, 6.45) is 7.21. The van der Waals surface area contributed by atoms with Gasteiger partial charge in [-0.1, -0.05) is 57.5 Å². The summed E-state index contributed by atoms with van der Waals surface area (Å²) < 4.78 is 13.9. The largest absolute Gasteiger partial charge is 0.392 e. The van der Waals surface area contributed by atoms with Gasteiger partial charge < -0.3 is 5.11 Å². The number of nitrogens with zero attached hydrogens (tertiary/aromatic N) is 2. The molecule has 168 valence electrons. The molecule has 0 spiro atoms. The first kappa shape index (κ1) is 26.5. The van der Waals surface area contributed by atoms with E-state index < -0.39 is 0 Å². The molecule has 0 saturated heterocycles. The predicted molar refractivity (Wildman–Crippen MR) is 130 cm³/mol. The maximum Gasteiger partial charge on any atom is 0.218 e. The molecule has 2 rings (SSSR count). The molecule has 1 aromatic rings. The molecule has 0 fully saturated rings. The van der Waals surface area contributed by atoms with Crippen LogP contribution in [0.3, 0.4) is 0 Å². The van der Waals surface area contributed by atoms with Crippen LogP contribution in [0.1, 0.15) is 52.7 Å². The molecule has 6 heteroatoms. The van der Waals surface area contributed by atoms with Crippen LogP contribution in [0.25, 0.3) is 5.57 Å². The summed E-state index contributed by atoms with van der Waals surface area (Å²) in [6, 6.07) is 5.32. The van der Waals surface area contributed by atoms with Crippen LogP contribution < -0.4 is 4.90 Å². The van der Waals surface area contributed by atoms with E-state index in [1.165, 1.54) is 11.1 Å². The molecule has 0 bridgehead atoms. The molecule has 0 saturated carbocycles. The number of aliphatic imine (C=N–C) groups is 1. The molecule has 0 radical (unpaired) electrons. The average molecular weight is 447 g/mol. The Labute approximate surface area is 190 Å². The van der Waals surface area contributed by atoms with Crippen molar-refractivity contribution in [3.05, 3.63) is 69.7 Å². The van der Waals surface area contributed by atoms with Crippen molar-refractivity contribution >= 4 is 35.5 Å². The maximum absolute atomic E-state index is 13.9. The van der Waals surface area contributed by atoms with E-state index in [9.17, 15) is 14.3 Å². The minimum absolute atomic E-state index is 0.00848. The van der Waals surface area contributed by atoms with Gasteiger partial charge in [-0.25, -0.2) is 4.39 Å². The molecule has 1 heterocycles. The van der Waals surface area contributed by atoms with E-state index >= 15 is 0 Å². The second-order valence-corrected chi connectivity index (χ2v) is 7.44. The Bertz CT molecular complexity index is 927. The van der Waals surface area contributed by atoms with Gasteiger partial charge in [0.2, 0.25) is 6.41 Å². The van der Waals surface area contributed by atoms with Gasteiger partial charge in [0.1, 0.15) is 5.83 Å². The smallest absolute Gasteiger partial charge is 0.218 e. The van der Waals surface area contributed by atoms with Gasteiger partial charge in [-0.2, -0.15) is 0 Å². The molecule has 1 N–H and O–H groups in total. The maximum atomic E-state index is 13.9. The number of anilines is 1. The fourth-order valence-electron chi connectivity index (χ4n) is 3.17. The summed E-state index contributed by atoms with van der Waals surface area (Å²) in [5.41, 5.74) is 3.88. The minimum atomic E-state index is -0.389. The number of amides is 1. The SMILES string of the molecule is C/C=C\C(Cl)=C(/C(C)C)N(C=O)c1ccc(CO)c(C2=CC(C)=C(F)C=NC2)c1.CC. The molecule has 1 aliphatic heterocycles. The van der Waals surface area contributed by atoms with Crippen molar-refractivity contribution < 1.29 is 14.3 Å². The van der Waals surface area contributed by atoms with Gasteiger partial charge in [0.05, 0.1) is 24.4 Å². The zero-order chi connectivity index (χ0) is 23.6. The first-order valence-corrected chi connectivity index (χ1v) is 10.8. The van der Waals surface area contributed by atoms with Crippen molar-refractivity contribution in [3.8, 4) is 0 Å². The Balaban J connectivity index is 0.00000233. The lowest BCUT2D eigenvalue weighted by molar-refractivity contribution is -0.107. The summed E-state index contributed by atoms with van der Waals surface area (Å²) in [5, 5.41) is 10.3. The van der Waals surface area contributed by atoms with E-state index in [0.29, 0.717) is 33.1 Å². The second kappa shape index (κ2) is 13.0. The molecule has 1 amide bonds. The van der Waals surface area contributed by atoms with Crippen LogP contribution >= 0.6 is 11.6 Å². The molecule has 0 unspecified atom stereocenters. The number of benzene rings is 1. The van der Waals surface area contributed by atoms with Crippen molar-refractivity contribution in [2.45, 2.75) is 48.1 Å². The number of halogens is 2. The van der Waals surface area contributed by atoms with Gasteiger partial charge in [0.25, 0.3) is 0 Å². The minimum Gasteiger partial charge on any atom is -0.392 e. The second-order valence-electron chi connectivity index (χ2n) is 7.03. The molecular formula is C25H32ClFN2O2. The first-order valence-electron chi connectivity index (χ1n) is 10.4. The zero-order valence-electron chi connectivity index (χ0n) is 19.1. The van der Waals surface area contributed by atoms with Gasteiger partial charge >= 0.3 is 0 Å². The normalized spacial score (nSPS) is 14.7. The van der Waals surface area contributed by atoms with E-state index in [0.717, 1.165) is 12.0 Å². The Morgan fingerprint density at radius 2 is 2.03 bits per heavy atom. The van der Waals surface area contributed by atoms with Crippen LogP contribution in [0.2, 0.25) is 0 Å². The summed E-state index contributed by atoms with van der Waals surface area (Å²) in [5.74, 6) is -0.398. The number of allylic oxidation sites excluding steroid dienone is 7. The van der Waals surface area contributed by atoms with Crippen LogP contribution in [0, 0.1) is 5.92 Å². The number of hydrogen-bond acceptors (Lipinski definition) is 3. The van der Waals surface area contributed by atoms with Crippen LogP contribution in [0.5, 0.6) is 0 Å². The van der Waals surface area contributed by atoms with Crippen molar-refractivity contribution in [2.75, 3.05) is 11.4 Å². The molecule has 0 aromatic heterocycles. The highest BCUT2D eigenvalue weighted by molar-refractivity contribution is 6.32. The lowest BCUT2D eigenvalue weighted by Gasteiger charge is -2.26. The van der Waals surface area contributed by atoms with E-state index in [2.05, 4.69) is 4.99 Å². The highest BCUT2D eigenvalue weighted by Crippen LogP contribution is 2.32. The Kier molecular flexibility index (Phi) is 11.2. The molecular weight excluding hydrogens is 415 g/mol. The van der Waals surface area contributed by atoms with Gasteiger partial charge in [-0.05, 0) is 60.2 Å². The number of carbonyl (C=O) groups excluding carboxylic acids is 1. The summed E-state index contributed by atoms with van der Waals surface area (Å²) in [4.78, 5) is 17.6. The van der Waals surface area contributed by atoms with Crippen molar-refractivity contribution in [1.29, 1.82) is 0 Å². The van der Waals surface area contributed by atoms with Gasteiger partial charge in [0, 0.05) is 11.4 Å². The third-order valence-corrected chi connectivity index (χ3v) is 4.91. The summed E-state index contributed by atoms with van der Waals surface area (Å²) >= 11 is 6.44. The van der Waals surface area contributed by atoms with E-state index in [-0.39, 0.29) is 24.9 Å². The molecule has 1 aromatic carbocycles. The number of hydrogen-bond donors (Lipinski definition) is 1. The standard InChI is InChI=1S/C23H26ClFN2O2.C2H6/c1-5-6-21(24)23(15(2)3)27(14-29)19-8-7-17(13-28)20(10-19)18-9-16(4)22(25)12-26-11-18;1-2/h5-10,12,14-15,28H,11,13H2,1-4H3;1-2H3/b6-5-,23-21-;. The van der Waals surface area contributed by atoms with Gasteiger partial charge in [-0.15, -0.1) is 0 Å². The summed E-state index contributed by atoms with van der Waals surface area (Å²) in [7, 11) is 0. The molecule has 31 heavy (non-hydrogen) atoms. The zero-order valence-corrected chi connectivity index (χ0v) is 19.9. The first-order chi connectivity index (χ1) is 14.8.